The third-order valence-electron chi connectivity index (χ3n) is 5.74. The van der Waals surface area contributed by atoms with Crippen LogP contribution in [0.25, 0.3) is 22.4 Å². The number of rotatable bonds is 4. The summed E-state index contributed by atoms with van der Waals surface area (Å²) >= 11 is 0. The molecule has 1 atom stereocenters. The molecule has 0 radical (unpaired) electrons. The molecule has 0 bridgehead atoms. The van der Waals surface area contributed by atoms with Crippen molar-refractivity contribution in [1.82, 2.24) is 19.5 Å². The molecule has 1 fully saturated rings. The third kappa shape index (κ3) is 3.90. The first-order valence-electron chi connectivity index (χ1n) is 10.5. The summed E-state index contributed by atoms with van der Waals surface area (Å²) in [6.07, 6.45) is 6.85. The van der Waals surface area contributed by atoms with Crippen molar-refractivity contribution in [2.75, 3.05) is 24.6 Å². The molecule has 0 amide bonds. The van der Waals surface area contributed by atoms with Crippen molar-refractivity contribution in [3.05, 3.63) is 95.3 Å². The summed E-state index contributed by atoms with van der Waals surface area (Å²) in [7, 11) is 1.76. The molecule has 0 aliphatic carbocycles. The highest BCUT2D eigenvalue weighted by Crippen LogP contribution is 2.33. The average Bonchev–Trinajstić information content (AvgIpc) is 2.87. The van der Waals surface area contributed by atoms with Crippen molar-refractivity contribution in [1.29, 1.82) is 0 Å². The zero-order valence-electron chi connectivity index (χ0n) is 17.8. The van der Waals surface area contributed by atoms with E-state index < -0.39 is 0 Å². The van der Waals surface area contributed by atoms with Crippen LogP contribution in [-0.4, -0.2) is 39.2 Å². The number of benzene rings is 1. The van der Waals surface area contributed by atoms with Crippen molar-refractivity contribution >= 4 is 5.95 Å². The molecular formula is C25H23N5O2. The first-order valence-corrected chi connectivity index (χ1v) is 10.5. The van der Waals surface area contributed by atoms with Gasteiger partial charge >= 0.3 is 0 Å². The molecule has 0 spiro atoms. The van der Waals surface area contributed by atoms with Crippen molar-refractivity contribution in [3.63, 3.8) is 0 Å². The summed E-state index contributed by atoms with van der Waals surface area (Å²) in [5.74, 6) is 0.638. The molecular weight excluding hydrogens is 402 g/mol. The number of nitrogens with zero attached hydrogens (tertiary/aromatic N) is 5. The standard InChI is InChI=1S/C25H23N5O2/c1-29-24(31)16-22(19-8-12-27-13-9-19)28-25(29)30-14-15-32-23(17-30)21-5-3-2-4-20(21)18-6-10-26-11-7-18/h2-13,16,23H,14-15,17H2,1H3. The molecule has 7 heteroatoms. The van der Waals surface area contributed by atoms with E-state index in [1.54, 1.807) is 42.5 Å². The van der Waals surface area contributed by atoms with Gasteiger partial charge in [0.25, 0.3) is 5.56 Å². The summed E-state index contributed by atoms with van der Waals surface area (Å²) in [6.45, 7) is 1.81. The summed E-state index contributed by atoms with van der Waals surface area (Å²) in [5.41, 5.74) is 4.74. The van der Waals surface area contributed by atoms with Crippen LogP contribution in [-0.2, 0) is 11.8 Å². The van der Waals surface area contributed by atoms with Crippen LogP contribution in [0.4, 0.5) is 5.95 Å². The maximum absolute atomic E-state index is 12.7. The van der Waals surface area contributed by atoms with Gasteiger partial charge in [-0.3, -0.25) is 19.3 Å². The smallest absolute Gasteiger partial charge is 0.255 e. The van der Waals surface area contributed by atoms with Gasteiger partial charge in [-0.2, -0.15) is 0 Å². The minimum Gasteiger partial charge on any atom is -0.370 e. The first kappa shape index (κ1) is 20.1. The number of anilines is 1. The number of pyridine rings is 2. The van der Waals surface area contributed by atoms with Crippen molar-refractivity contribution in [3.8, 4) is 22.4 Å². The lowest BCUT2D eigenvalue weighted by Gasteiger charge is -2.35. The van der Waals surface area contributed by atoms with E-state index in [-0.39, 0.29) is 11.7 Å². The largest absolute Gasteiger partial charge is 0.370 e. The fourth-order valence-corrected chi connectivity index (χ4v) is 4.07. The molecule has 7 nitrogen and oxygen atoms in total. The lowest BCUT2D eigenvalue weighted by atomic mass is 9.96. The van der Waals surface area contributed by atoms with E-state index in [2.05, 4.69) is 27.0 Å². The monoisotopic (exact) mass is 425 g/mol. The Bertz CT molecular complexity index is 1270. The predicted molar refractivity (Wildman–Crippen MR) is 123 cm³/mol. The number of ether oxygens (including phenoxy) is 1. The number of hydrogen-bond acceptors (Lipinski definition) is 6. The van der Waals surface area contributed by atoms with Crippen molar-refractivity contribution in [2.45, 2.75) is 6.10 Å². The van der Waals surface area contributed by atoms with Crippen molar-refractivity contribution in [2.24, 2.45) is 7.05 Å². The van der Waals surface area contributed by atoms with Crippen LogP contribution in [0.5, 0.6) is 0 Å². The molecule has 32 heavy (non-hydrogen) atoms. The molecule has 0 N–H and O–H groups in total. The van der Waals surface area contributed by atoms with Gasteiger partial charge in [0.1, 0.15) is 6.10 Å². The molecule has 4 heterocycles. The zero-order valence-corrected chi connectivity index (χ0v) is 17.8. The fraction of sp³-hybridized carbons (Fsp3) is 0.200. The maximum Gasteiger partial charge on any atom is 0.255 e. The SMILES string of the molecule is Cn1c(N2CCOC(c3ccccc3-c3ccncc3)C2)nc(-c2ccncc2)cc1=O. The van der Waals surface area contributed by atoms with Crippen LogP contribution in [0.1, 0.15) is 11.7 Å². The van der Waals surface area contributed by atoms with Gasteiger partial charge in [0.05, 0.1) is 18.8 Å². The molecule has 1 saturated heterocycles. The molecule has 1 aliphatic heterocycles. The average molecular weight is 425 g/mol. The Morgan fingerprint density at radius 3 is 2.38 bits per heavy atom. The maximum atomic E-state index is 12.7. The number of hydrogen-bond donors (Lipinski definition) is 0. The zero-order chi connectivity index (χ0) is 21.9. The topological polar surface area (TPSA) is 73.1 Å². The van der Waals surface area contributed by atoms with E-state index in [0.717, 1.165) is 22.3 Å². The van der Waals surface area contributed by atoms with E-state index in [0.29, 0.717) is 31.3 Å². The second kappa shape index (κ2) is 8.72. The second-order valence-electron chi connectivity index (χ2n) is 7.70. The van der Waals surface area contributed by atoms with Gasteiger partial charge in [-0.05, 0) is 41.0 Å². The Balaban J connectivity index is 1.50. The van der Waals surface area contributed by atoms with Crippen LogP contribution < -0.4 is 10.5 Å². The highest BCUT2D eigenvalue weighted by atomic mass is 16.5. The Kier molecular flexibility index (Phi) is 5.47. The lowest BCUT2D eigenvalue weighted by molar-refractivity contribution is 0.0393. The van der Waals surface area contributed by atoms with Crippen LogP contribution in [0.2, 0.25) is 0 Å². The Morgan fingerprint density at radius 1 is 0.938 bits per heavy atom. The van der Waals surface area contributed by atoms with Gasteiger partial charge < -0.3 is 9.64 Å². The van der Waals surface area contributed by atoms with Gasteiger partial charge in [0.2, 0.25) is 5.95 Å². The lowest BCUT2D eigenvalue weighted by Crippen LogP contribution is -2.41. The van der Waals surface area contributed by atoms with Crippen molar-refractivity contribution < 1.29 is 4.74 Å². The highest BCUT2D eigenvalue weighted by molar-refractivity contribution is 5.67. The van der Waals surface area contributed by atoms with E-state index in [4.69, 9.17) is 9.72 Å². The van der Waals surface area contributed by atoms with Gasteiger partial charge in [-0.15, -0.1) is 0 Å². The summed E-state index contributed by atoms with van der Waals surface area (Å²) in [5, 5.41) is 0. The molecule has 3 aromatic heterocycles. The summed E-state index contributed by atoms with van der Waals surface area (Å²) in [6, 6.07) is 17.6. The Labute approximate surface area is 186 Å². The molecule has 160 valence electrons. The Morgan fingerprint density at radius 2 is 1.62 bits per heavy atom. The Hall–Kier alpha value is -3.84. The molecule has 0 saturated carbocycles. The van der Waals surface area contributed by atoms with E-state index in [1.165, 1.54) is 0 Å². The summed E-state index contributed by atoms with van der Waals surface area (Å²) in [4.78, 5) is 27.9. The minimum atomic E-state index is -0.144. The van der Waals surface area contributed by atoms with E-state index in [9.17, 15) is 4.79 Å². The van der Waals surface area contributed by atoms with E-state index >= 15 is 0 Å². The van der Waals surface area contributed by atoms with E-state index in [1.807, 2.05) is 36.4 Å². The summed E-state index contributed by atoms with van der Waals surface area (Å²) < 4.78 is 7.78. The fourth-order valence-electron chi connectivity index (χ4n) is 4.07. The van der Waals surface area contributed by atoms with Gasteiger partial charge in [-0.1, -0.05) is 24.3 Å². The molecule has 1 aromatic carbocycles. The van der Waals surface area contributed by atoms with Crippen LogP contribution in [0.3, 0.4) is 0 Å². The second-order valence-corrected chi connectivity index (χ2v) is 7.70. The quantitative estimate of drug-likeness (QED) is 0.498. The van der Waals surface area contributed by atoms with Crippen LogP contribution in [0, 0.1) is 0 Å². The normalized spacial score (nSPS) is 16.2. The minimum absolute atomic E-state index is 0.0953. The van der Waals surface area contributed by atoms with Crippen LogP contribution in [0.15, 0.2) is 84.2 Å². The van der Waals surface area contributed by atoms with Gasteiger partial charge in [0.15, 0.2) is 0 Å². The van der Waals surface area contributed by atoms with Crippen LogP contribution >= 0.6 is 0 Å². The predicted octanol–water partition coefficient (Wildman–Crippen LogP) is 3.48. The number of morpholine rings is 1. The molecule has 4 aromatic rings. The van der Waals surface area contributed by atoms with Gasteiger partial charge in [-0.25, -0.2) is 4.98 Å². The van der Waals surface area contributed by atoms with Gasteiger partial charge in [0, 0.05) is 50.0 Å². The highest BCUT2D eigenvalue weighted by Gasteiger charge is 2.27. The third-order valence-corrected chi connectivity index (χ3v) is 5.74. The molecule has 1 unspecified atom stereocenters. The number of aromatic nitrogens is 4. The first-order chi connectivity index (χ1) is 15.7. The molecule has 1 aliphatic rings. The molecule has 5 rings (SSSR count).